The topological polar surface area (TPSA) is 12.0 Å². The highest BCUT2D eigenvalue weighted by atomic mass is 14.9. The molecule has 0 aromatic heterocycles. The molecule has 0 aromatic carbocycles. The molecule has 1 aliphatic carbocycles. The van der Waals surface area contributed by atoms with Crippen LogP contribution in [0.15, 0.2) is 0 Å². The van der Waals surface area contributed by atoms with Crippen molar-refractivity contribution in [2.24, 2.45) is 28.6 Å². The predicted molar refractivity (Wildman–Crippen MR) is 84.3 cm³/mol. The molecule has 0 bridgehead atoms. The average Bonchev–Trinajstić information content (AvgIpc) is 2.31. The summed E-state index contributed by atoms with van der Waals surface area (Å²) in [5.41, 5.74) is 1.21. The molecule has 0 amide bonds. The molecule has 1 saturated carbocycles. The summed E-state index contributed by atoms with van der Waals surface area (Å²) in [6.45, 7) is 14.6. The van der Waals surface area contributed by atoms with Gasteiger partial charge in [-0.05, 0) is 80.2 Å². The van der Waals surface area contributed by atoms with E-state index in [1.165, 1.54) is 51.6 Å². The predicted octanol–water partition coefficient (Wildman–Crippen LogP) is 4.86. The molecule has 0 aromatic rings. The Labute approximate surface area is 120 Å². The van der Waals surface area contributed by atoms with Crippen LogP contribution in [0, 0.1) is 28.6 Å². The van der Waals surface area contributed by atoms with E-state index in [1.54, 1.807) is 0 Å². The van der Waals surface area contributed by atoms with Gasteiger partial charge in [0.15, 0.2) is 0 Å². The van der Waals surface area contributed by atoms with Gasteiger partial charge in [0.1, 0.15) is 0 Å². The summed E-state index contributed by atoms with van der Waals surface area (Å²) in [5.74, 6) is 2.73. The fourth-order valence-corrected chi connectivity index (χ4v) is 4.65. The summed E-state index contributed by atoms with van der Waals surface area (Å²) in [4.78, 5) is 0. The van der Waals surface area contributed by atoms with Crippen molar-refractivity contribution in [1.29, 1.82) is 0 Å². The number of piperidine rings is 1. The molecule has 1 heterocycles. The fourth-order valence-electron chi connectivity index (χ4n) is 4.65. The van der Waals surface area contributed by atoms with Crippen molar-refractivity contribution in [3.8, 4) is 0 Å². The van der Waals surface area contributed by atoms with Gasteiger partial charge >= 0.3 is 0 Å². The highest BCUT2D eigenvalue weighted by Gasteiger charge is 2.44. The van der Waals surface area contributed by atoms with Crippen molar-refractivity contribution in [1.82, 2.24) is 5.32 Å². The van der Waals surface area contributed by atoms with E-state index in [-0.39, 0.29) is 0 Å². The van der Waals surface area contributed by atoms with Gasteiger partial charge in [-0.2, -0.15) is 0 Å². The van der Waals surface area contributed by atoms with E-state index in [1.807, 2.05) is 0 Å². The Morgan fingerprint density at radius 2 is 1.74 bits per heavy atom. The summed E-state index contributed by atoms with van der Waals surface area (Å²) in [5, 5.41) is 3.65. The summed E-state index contributed by atoms with van der Waals surface area (Å²) in [7, 11) is 0. The Kier molecular flexibility index (Phi) is 4.65. The molecular weight excluding hydrogens is 230 g/mol. The quantitative estimate of drug-likeness (QED) is 0.751. The second kappa shape index (κ2) is 5.76. The zero-order valence-electron chi connectivity index (χ0n) is 13.9. The molecule has 2 rings (SSSR count). The van der Waals surface area contributed by atoms with Crippen molar-refractivity contribution in [3.05, 3.63) is 0 Å². The SMILES string of the molecule is CC(C)CC1CNCCC12CCC(C(C)(C)C)CC2. The lowest BCUT2D eigenvalue weighted by atomic mass is 9.56. The van der Waals surface area contributed by atoms with Gasteiger partial charge in [0.05, 0.1) is 0 Å². The Hall–Kier alpha value is -0.0400. The van der Waals surface area contributed by atoms with Crippen LogP contribution in [0.25, 0.3) is 0 Å². The zero-order chi connectivity index (χ0) is 14.1. The first kappa shape index (κ1) is 15.4. The molecule has 19 heavy (non-hydrogen) atoms. The van der Waals surface area contributed by atoms with Gasteiger partial charge in [-0.1, -0.05) is 34.6 Å². The van der Waals surface area contributed by atoms with Crippen molar-refractivity contribution >= 4 is 0 Å². The minimum atomic E-state index is 0.516. The third-order valence-electron chi connectivity index (χ3n) is 6.02. The summed E-state index contributed by atoms with van der Waals surface area (Å²) in [6, 6.07) is 0. The second-order valence-electron chi connectivity index (χ2n) is 8.78. The monoisotopic (exact) mass is 265 g/mol. The zero-order valence-corrected chi connectivity index (χ0v) is 13.9. The Bertz CT molecular complexity index is 279. The first-order valence-electron chi connectivity index (χ1n) is 8.54. The summed E-state index contributed by atoms with van der Waals surface area (Å²) in [6.07, 6.45) is 8.78. The molecule has 1 atom stereocenters. The molecule has 1 aliphatic heterocycles. The average molecular weight is 265 g/mol. The van der Waals surface area contributed by atoms with Crippen LogP contribution in [0.3, 0.4) is 0 Å². The largest absolute Gasteiger partial charge is 0.316 e. The lowest BCUT2D eigenvalue weighted by Gasteiger charge is -2.51. The third kappa shape index (κ3) is 3.54. The third-order valence-corrected chi connectivity index (χ3v) is 6.02. The number of nitrogens with one attached hydrogen (secondary N) is 1. The molecule has 1 heteroatoms. The number of rotatable bonds is 2. The molecule has 112 valence electrons. The molecule has 2 fully saturated rings. The molecule has 1 N–H and O–H groups in total. The molecule has 1 saturated heterocycles. The van der Waals surface area contributed by atoms with Gasteiger partial charge in [-0.3, -0.25) is 0 Å². The van der Waals surface area contributed by atoms with Crippen LogP contribution in [0.4, 0.5) is 0 Å². The van der Waals surface area contributed by atoms with Crippen molar-refractivity contribution in [3.63, 3.8) is 0 Å². The van der Waals surface area contributed by atoms with Crippen LogP contribution in [-0.2, 0) is 0 Å². The first-order chi connectivity index (χ1) is 8.83. The lowest BCUT2D eigenvalue weighted by Crippen LogP contribution is -2.48. The Morgan fingerprint density at radius 3 is 2.26 bits per heavy atom. The van der Waals surface area contributed by atoms with Crippen LogP contribution in [0.1, 0.15) is 73.1 Å². The van der Waals surface area contributed by atoms with Crippen molar-refractivity contribution < 1.29 is 0 Å². The van der Waals surface area contributed by atoms with E-state index >= 15 is 0 Å². The van der Waals surface area contributed by atoms with Gasteiger partial charge < -0.3 is 5.32 Å². The standard InChI is InChI=1S/C18H35N/c1-14(2)12-16-13-19-11-10-18(16)8-6-15(7-9-18)17(3,4)5/h14-16,19H,6-13H2,1-5H3. The maximum absolute atomic E-state index is 3.65. The van der Waals surface area contributed by atoms with Gasteiger partial charge in [0.2, 0.25) is 0 Å². The van der Waals surface area contributed by atoms with Gasteiger partial charge in [0.25, 0.3) is 0 Å². The van der Waals surface area contributed by atoms with Crippen molar-refractivity contribution in [2.75, 3.05) is 13.1 Å². The van der Waals surface area contributed by atoms with E-state index in [0.29, 0.717) is 10.8 Å². The van der Waals surface area contributed by atoms with Gasteiger partial charge in [0, 0.05) is 0 Å². The maximum Gasteiger partial charge on any atom is -0.00151 e. The first-order valence-corrected chi connectivity index (χ1v) is 8.54. The van der Waals surface area contributed by atoms with Gasteiger partial charge in [-0.25, -0.2) is 0 Å². The second-order valence-corrected chi connectivity index (χ2v) is 8.78. The molecule has 1 spiro atoms. The van der Waals surface area contributed by atoms with Crippen molar-refractivity contribution in [2.45, 2.75) is 73.1 Å². The van der Waals surface area contributed by atoms with Crippen LogP contribution in [0.5, 0.6) is 0 Å². The molecular formula is C18H35N. The smallest absolute Gasteiger partial charge is 0.00151 e. The van der Waals surface area contributed by atoms with E-state index < -0.39 is 0 Å². The maximum atomic E-state index is 3.65. The lowest BCUT2D eigenvalue weighted by molar-refractivity contribution is 0.00750. The van der Waals surface area contributed by atoms with Crippen LogP contribution in [-0.4, -0.2) is 13.1 Å². The summed E-state index contributed by atoms with van der Waals surface area (Å²) >= 11 is 0. The van der Waals surface area contributed by atoms with Gasteiger partial charge in [-0.15, -0.1) is 0 Å². The summed E-state index contributed by atoms with van der Waals surface area (Å²) < 4.78 is 0. The van der Waals surface area contributed by atoms with Crippen LogP contribution in [0.2, 0.25) is 0 Å². The number of hydrogen-bond donors (Lipinski definition) is 1. The van der Waals surface area contributed by atoms with Crippen LogP contribution < -0.4 is 5.32 Å². The molecule has 1 nitrogen and oxygen atoms in total. The molecule has 2 aliphatic rings. The Morgan fingerprint density at radius 1 is 1.11 bits per heavy atom. The van der Waals surface area contributed by atoms with E-state index in [0.717, 1.165) is 17.8 Å². The number of hydrogen-bond acceptors (Lipinski definition) is 1. The van der Waals surface area contributed by atoms with E-state index in [2.05, 4.69) is 39.9 Å². The van der Waals surface area contributed by atoms with E-state index in [4.69, 9.17) is 0 Å². The minimum absolute atomic E-state index is 0.516. The Balaban J connectivity index is 2.01. The van der Waals surface area contributed by atoms with Crippen LogP contribution >= 0.6 is 0 Å². The highest BCUT2D eigenvalue weighted by molar-refractivity contribution is 4.96. The minimum Gasteiger partial charge on any atom is -0.316 e. The fraction of sp³-hybridized carbons (Fsp3) is 1.00. The van der Waals surface area contributed by atoms with E-state index in [9.17, 15) is 0 Å². The normalized spacial score (nSPS) is 36.9. The molecule has 0 radical (unpaired) electrons. The highest BCUT2D eigenvalue weighted by Crippen LogP contribution is 2.52. The molecule has 1 unspecified atom stereocenters.